The highest BCUT2D eigenvalue weighted by atomic mass is 79.9. The maximum Gasteiger partial charge on any atom is 0.276 e. The van der Waals surface area contributed by atoms with Crippen LogP contribution in [0.3, 0.4) is 0 Å². The summed E-state index contributed by atoms with van der Waals surface area (Å²) in [6.07, 6.45) is 3.13. The third kappa shape index (κ3) is 3.49. The second kappa shape index (κ2) is 6.74. The number of amides is 1. The Labute approximate surface area is 150 Å². The Balaban J connectivity index is 1.77. The first kappa shape index (κ1) is 16.7. The maximum absolute atomic E-state index is 12.9. The van der Waals surface area contributed by atoms with Crippen LogP contribution in [0.5, 0.6) is 0 Å². The fourth-order valence-corrected chi connectivity index (χ4v) is 2.90. The van der Waals surface area contributed by atoms with E-state index in [1.54, 1.807) is 30.1 Å². The number of nitrogens with one attached hydrogen (secondary N) is 1. The zero-order valence-corrected chi connectivity index (χ0v) is 14.8. The molecule has 6 nitrogen and oxygen atoms in total. The van der Waals surface area contributed by atoms with Gasteiger partial charge in [0.1, 0.15) is 16.5 Å². The van der Waals surface area contributed by atoms with Crippen molar-refractivity contribution < 1.29 is 9.18 Å². The Bertz CT molecular complexity index is 870. The molecule has 0 aliphatic rings. The molecule has 0 saturated heterocycles. The number of rotatable bonds is 4. The molecule has 0 saturated carbocycles. The molecule has 1 amide bonds. The van der Waals surface area contributed by atoms with E-state index >= 15 is 0 Å². The number of hydrogen-bond donors (Lipinski definition) is 1. The highest BCUT2D eigenvalue weighted by Crippen LogP contribution is 2.22. The van der Waals surface area contributed by atoms with E-state index in [1.807, 2.05) is 0 Å². The third-order valence-corrected chi connectivity index (χ3v) is 4.17. The molecule has 2 heterocycles. The number of aryl methyl sites for hydroxylation is 1. The molecule has 1 aromatic carbocycles. The van der Waals surface area contributed by atoms with Crippen LogP contribution in [0.4, 0.5) is 10.2 Å². The standard InChI is InChI=1S/C15H12BrClFN5O/c1-22-13(11(16)6-19-22)15(24)20-14-12(17)8-23(21-14)7-9-2-4-10(18)5-3-9/h2-6,8H,7H2,1H3,(H,20,21,24). The van der Waals surface area contributed by atoms with Gasteiger partial charge in [0.25, 0.3) is 5.91 Å². The predicted octanol–water partition coefficient (Wildman–Crippen LogP) is 3.47. The second-order valence-corrected chi connectivity index (χ2v) is 6.33. The van der Waals surface area contributed by atoms with Crippen molar-refractivity contribution >= 4 is 39.3 Å². The Hall–Kier alpha value is -2.19. The fraction of sp³-hybridized carbons (Fsp3) is 0.133. The van der Waals surface area contributed by atoms with E-state index in [-0.39, 0.29) is 17.5 Å². The number of nitrogens with zero attached hydrogens (tertiary/aromatic N) is 4. The zero-order valence-electron chi connectivity index (χ0n) is 12.5. The van der Waals surface area contributed by atoms with Gasteiger partial charge in [-0.1, -0.05) is 23.7 Å². The highest BCUT2D eigenvalue weighted by Gasteiger charge is 2.18. The van der Waals surface area contributed by atoms with Crippen LogP contribution in [0.1, 0.15) is 16.1 Å². The molecule has 3 aromatic rings. The molecule has 24 heavy (non-hydrogen) atoms. The SMILES string of the molecule is Cn1ncc(Br)c1C(=O)Nc1nn(Cc2ccc(F)cc2)cc1Cl. The number of aromatic nitrogens is 4. The lowest BCUT2D eigenvalue weighted by atomic mass is 10.2. The second-order valence-electron chi connectivity index (χ2n) is 5.07. The largest absolute Gasteiger partial charge is 0.302 e. The van der Waals surface area contributed by atoms with E-state index in [9.17, 15) is 9.18 Å². The predicted molar refractivity (Wildman–Crippen MR) is 91.6 cm³/mol. The van der Waals surface area contributed by atoms with E-state index in [4.69, 9.17) is 11.6 Å². The van der Waals surface area contributed by atoms with Crippen LogP contribution in [0.25, 0.3) is 0 Å². The fourth-order valence-electron chi connectivity index (χ4n) is 2.17. The highest BCUT2D eigenvalue weighted by molar-refractivity contribution is 9.10. The minimum Gasteiger partial charge on any atom is -0.302 e. The number of anilines is 1. The average molecular weight is 413 g/mol. The van der Waals surface area contributed by atoms with Crippen LogP contribution in [-0.2, 0) is 13.6 Å². The Morgan fingerprint density at radius 2 is 2.08 bits per heavy atom. The first-order valence-corrected chi connectivity index (χ1v) is 8.07. The molecule has 9 heteroatoms. The minimum atomic E-state index is -0.379. The van der Waals surface area contributed by atoms with E-state index in [1.165, 1.54) is 23.0 Å². The molecule has 124 valence electrons. The van der Waals surface area contributed by atoms with Gasteiger partial charge in [0, 0.05) is 13.2 Å². The number of carbonyl (C=O) groups excluding carboxylic acids is 1. The van der Waals surface area contributed by atoms with Crippen molar-refractivity contribution in [3.05, 3.63) is 63.2 Å². The van der Waals surface area contributed by atoms with Crippen LogP contribution >= 0.6 is 27.5 Å². The summed E-state index contributed by atoms with van der Waals surface area (Å²) < 4.78 is 16.5. The zero-order chi connectivity index (χ0) is 17.3. The Morgan fingerprint density at radius 1 is 1.38 bits per heavy atom. The summed E-state index contributed by atoms with van der Waals surface area (Å²) in [6, 6.07) is 6.08. The van der Waals surface area contributed by atoms with Crippen molar-refractivity contribution in [2.45, 2.75) is 6.54 Å². The van der Waals surface area contributed by atoms with Gasteiger partial charge >= 0.3 is 0 Å². The molecule has 1 N–H and O–H groups in total. The number of benzene rings is 1. The molecule has 3 rings (SSSR count). The summed E-state index contributed by atoms with van der Waals surface area (Å²) in [6.45, 7) is 0.408. The monoisotopic (exact) mass is 411 g/mol. The lowest BCUT2D eigenvalue weighted by Gasteiger charge is -2.04. The van der Waals surface area contributed by atoms with Crippen molar-refractivity contribution in [3.8, 4) is 0 Å². The molecular weight excluding hydrogens is 401 g/mol. The lowest BCUT2D eigenvalue weighted by molar-refractivity contribution is 0.101. The van der Waals surface area contributed by atoms with Gasteiger partial charge < -0.3 is 5.32 Å². The van der Waals surface area contributed by atoms with Crippen LogP contribution in [-0.4, -0.2) is 25.5 Å². The van der Waals surface area contributed by atoms with Crippen molar-refractivity contribution in [1.29, 1.82) is 0 Å². The summed E-state index contributed by atoms with van der Waals surface area (Å²) in [4.78, 5) is 12.3. The molecule has 0 spiro atoms. The van der Waals surface area contributed by atoms with E-state index < -0.39 is 0 Å². The van der Waals surface area contributed by atoms with Crippen LogP contribution in [0.15, 0.2) is 41.1 Å². The van der Waals surface area contributed by atoms with E-state index in [0.717, 1.165) is 5.56 Å². The molecule has 0 fully saturated rings. The molecule has 0 bridgehead atoms. The molecule has 0 atom stereocenters. The molecule has 0 unspecified atom stereocenters. The maximum atomic E-state index is 12.9. The Kier molecular flexibility index (Phi) is 4.68. The molecule has 2 aromatic heterocycles. The van der Waals surface area contributed by atoms with Gasteiger partial charge in [-0.3, -0.25) is 14.2 Å². The van der Waals surface area contributed by atoms with Gasteiger partial charge in [-0.05, 0) is 33.6 Å². The third-order valence-electron chi connectivity index (χ3n) is 3.32. The number of hydrogen-bond acceptors (Lipinski definition) is 3. The van der Waals surface area contributed by atoms with Crippen molar-refractivity contribution in [3.63, 3.8) is 0 Å². The summed E-state index contributed by atoms with van der Waals surface area (Å²) in [7, 11) is 1.66. The van der Waals surface area contributed by atoms with Crippen molar-refractivity contribution in [2.75, 3.05) is 5.32 Å². The van der Waals surface area contributed by atoms with Gasteiger partial charge in [0.2, 0.25) is 0 Å². The first-order chi connectivity index (χ1) is 11.4. The van der Waals surface area contributed by atoms with E-state index in [2.05, 4.69) is 31.4 Å². The normalized spacial score (nSPS) is 10.8. The van der Waals surface area contributed by atoms with Gasteiger partial charge in [0.15, 0.2) is 5.82 Å². The topological polar surface area (TPSA) is 64.7 Å². The Morgan fingerprint density at radius 3 is 2.71 bits per heavy atom. The van der Waals surface area contributed by atoms with Gasteiger partial charge in [-0.25, -0.2) is 4.39 Å². The van der Waals surface area contributed by atoms with E-state index in [0.29, 0.717) is 21.7 Å². The number of carbonyl (C=O) groups is 1. The number of halogens is 3. The molecule has 0 aliphatic carbocycles. The average Bonchev–Trinajstić information content (AvgIpc) is 3.04. The van der Waals surface area contributed by atoms with Crippen molar-refractivity contribution in [2.24, 2.45) is 7.05 Å². The molecular formula is C15H12BrClFN5O. The van der Waals surface area contributed by atoms with Gasteiger partial charge in [-0.2, -0.15) is 10.2 Å². The first-order valence-electron chi connectivity index (χ1n) is 6.90. The summed E-state index contributed by atoms with van der Waals surface area (Å²) >= 11 is 9.40. The summed E-state index contributed by atoms with van der Waals surface area (Å²) in [5.74, 6) is -0.431. The lowest BCUT2D eigenvalue weighted by Crippen LogP contribution is -2.17. The minimum absolute atomic E-state index is 0.247. The van der Waals surface area contributed by atoms with Gasteiger partial charge in [-0.15, -0.1) is 0 Å². The van der Waals surface area contributed by atoms with Crippen LogP contribution in [0.2, 0.25) is 5.02 Å². The van der Waals surface area contributed by atoms with Crippen LogP contribution in [0, 0.1) is 5.82 Å². The summed E-state index contributed by atoms with van der Waals surface area (Å²) in [5, 5.41) is 11.2. The molecule has 0 aliphatic heterocycles. The van der Waals surface area contributed by atoms with Crippen molar-refractivity contribution in [1.82, 2.24) is 19.6 Å². The van der Waals surface area contributed by atoms with Gasteiger partial charge in [0.05, 0.1) is 17.2 Å². The molecule has 0 radical (unpaired) electrons. The van der Waals surface area contributed by atoms with Crippen LogP contribution < -0.4 is 5.32 Å². The quantitative estimate of drug-likeness (QED) is 0.713. The summed E-state index contributed by atoms with van der Waals surface area (Å²) in [5.41, 5.74) is 1.22. The smallest absolute Gasteiger partial charge is 0.276 e.